The van der Waals surface area contributed by atoms with Gasteiger partial charge in [0.1, 0.15) is 0 Å². The van der Waals surface area contributed by atoms with Gasteiger partial charge in [-0.3, -0.25) is 4.79 Å². The number of benzene rings is 1. The topological polar surface area (TPSA) is 55.6 Å². The minimum absolute atomic E-state index is 0.0348. The molecule has 0 saturated heterocycles. The van der Waals surface area contributed by atoms with E-state index in [1.807, 2.05) is 0 Å². The van der Waals surface area contributed by atoms with E-state index in [9.17, 15) is 9.18 Å². The summed E-state index contributed by atoms with van der Waals surface area (Å²) in [4.78, 5) is 12.8. The number of hydrogen-bond donors (Lipinski definition) is 1. The van der Waals surface area contributed by atoms with Crippen molar-refractivity contribution in [2.24, 2.45) is 0 Å². The maximum atomic E-state index is 13.5. The molecule has 0 heterocycles. The monoisotopic (exact) mass is 254 g/mol. The number of nitrogen functional groups attached to an aromatic ring is 1. The highest BCUT2D eigenvalue weighted by atomic mass is 19.1. The number of carbonyl (C=O) groups is 1. The fourth-order valence-corrected chi connectivity index (χ4v) is 1.41. The molecule has 0 fully saturated rings. The van der Waals surface area contributed by atoms with Gasteiger partial charge in [0.05, 0.1) is 6.61 Å². The second-order valence-corrected chi connectivity index (χ2v) is 4.38. The first-order valence-electron chi connectivity index (χ1n) is 5.80. The Morgan fingerprint density at radius 3 is 2.72 bits per heavy atom. The average Bonchev–Trinajstić information content (AvgIpc) is 2.30. The molecule has 0 unspecified atom stereocenters. The largest absolute Gasteiger partial charge is 0.490 e. The second-order valence-electron chi connectivity index (χ2n) is 4.38. The van der Waals surface area contributed by atoms with Gasteiger partial charge in [-0.25, -0.2) is 4.39 Å². The summed E-state index contributed by atoms with van der Waals surface area (Å²) in [5.41, 5.74) is 6.75. The Morgan fingerprint density at radius 2 is 2.11 bits per heavy atom. The van der Waals surface area contributed by atoms with E-state index in [1.165, 1.54) is 11.0 Å². The third-order valence-corrected chi connectivity index (χ3v) is 2.61. The number of amides is 1. The quantitative estimate of drug-likeness (QED) is 0.645. The number of nitrogens with two attached hydrogens (primary N) is 1. The molecule has 18 heavy (non-hydrogen) atoms. The molecule has 5 heteroatoms. The van der Waals surface area contributed by atoms with E-state index < -0.39 is 5.82 Å². The minimum Gasteiger partial charge on any atom is -0.490 e. The molecule has 0 saturated carbocycles. The van der Waals surface area contributed by atoms with Crippen molar-refractivity contribution in [2.45, 2.75) is 19.8 Å². The number of aryl methyl sites for hydroxylation is 1. The number of ether oxygens (including phenoxy) is 1. The molecule has 1 rings (SSSR count). The van der Waals surface area contributed by atoms with Crippen LogP contribution in [0.15, 0.2) is 12.1 Å². The molecular formula is C13H19FN2O2. The first-order valence-corrected chi connectivity index (χ1v) is 5.80. The SMILES string of the molecule is Cc1cc(OCCCC(=O)N(C)C)c(F)cc1N. The van der Waals surface area contributed by atoms with Crippen molar-refractivity contribution < 1.29 is 13.9 Å². The molecule has 0 aliphatic carbocycles. The van der Waals surface area contributed by atoms with Crippen LogP contribution in [0.1, 0.15) is 18.4 Å². The van der Waals surface area contributed by atoms with E-state index in [2.05, 4.69) is 0 Å². The summed E-state index contributed by atoms with van der Waals surface area (Å²) in [6, 6.07) is 2.81. The highest BCUT2D eigenvalue weighted by molar-refractivity contribution is 5.75. The van der Waals surface area contributed by atoms with Crippen molar-refractivity contribution in [3.05, 3.63) is 23.5 Å². The lowest BCUT2D eigenvalue weighted by atomic mass is 10.2. The fourth-order valence-electron chi connectivity index (χ4n) is 1.41. The van der Waals surface area contributed by atoms with Gasteiger partial charge < -0.3 is 15.4 Å². The summed E-state index contributed by atoms with van der Waals surface area (Å²) in [6.45, 7) is 2.09. The maximum Gasteiger partial charge on any atom is 0.222 e. The highest BCUT2D eigenvalue weighted by Crippen LogP contribution is 2.23. The van der Waals surface area contributed by atoms with Gasteiger partial charge in [-0.15, -0.1) is 0 Å². The van der Waals surface area contributed by atoms with E-state index in [-0.39, 0.29) is 11.7 Å². The van der Waals surface area contributed by atoms with Crippen LogP contribution in [-0.4, -0.2) is 31.5 Å². The first kappa shape index (κ1) is 14.3. The summed E-state index contributed by atoms with van der Waals surface area (Å²) < 4.78 is 18.8. The van der Waals surface area contributed by atoms with Gasteiger partial charge in [0.25, 0.3) is 0 Å². The fraction of sp³-hybridized carbons (Fsp3) is 0.462. The Bertz CT molecular complexity index is 433. The van der Waals surface area contributed by atoms with Crippen LogP contribution in [-0.2, 0) is 4.79 Å². The molecule has 0 bridgehead atoms. The summed E-state index contributed by atoms with van der Waals surface area (Å²) in [6.07, 6.45) is 0.947. The summed E-state index contributed by atoms with van der Waals surface area (Å²) in [7, 11) is 3.40. The lowest BCUT2D eigenvalue weighted by Gasteiger charge is -2.11. The molecule has 100 valence electrons. The standard InChI is InChI=1S/C13H19FN2O2/c1-9-7-12(10(14)8-11(9)15)18-6-4-5-13(17)16(2)3/h7-8H,4-6,15H2,1-3H3. The lowest BCUT2D eigenvalue weighted by molar-refractivity contribution is -0.128. The van der Waals surface area contributed by atoms with Crippen LogP contribution in [0.3, 0.4) is 0 Å². The molecule has 0 atom stereocenters. The molecule has 0 aliphatic rings. The van der Waals surface area contributed by atoms with E-state index in [0.717, 1.165) is 5.56 Å². The number of hydrogen-bond acceptors (Lipinski definition) is 3. The molecular weight excluding hydrogens is 235 g/mol. The van der Waals surface area contributed by atoms with E-state index in [4.69, 9.17) is 10.5 Å². The molecule has 0 aromatic heterocycles. The first-order chi connectivity index (χ1) is 8.41. The second kappa shape index (κ2) is 6.23. The molecule has 1 aromatic rings. The van der Waals surface area contributed by atoms with Crippen LogP contribution in [0.2, 0.25) is 0 Å². The minimum atomic E-state index is -0.475. The van der Waals surface area contributed by atoms with Crippen molar-refractivity contribution in [1.82, 2.24) is 4.90 Å². The van der Waals surface area contributed by atoms with E-state index >= 15 is 0 Å². The third kappa shape index (κ3) is 3.91. The Hall–Kier alpha value is -1.78. The predicted octanol–water partition coefficient (Wildman–Crippen LogP) is 1.96. The zero-order valence-corrected chi connectivity index (χ0v) is 11.0. The van der Waals surface area contributed by atoms with Crippen LogP contribution in [0.5, 0.6) is 5.75 Å². The van der Waals surface area contributed by atoms with Crippen molar-refractivity contribution in [2.75, 3.05) is 26.4 Å². The zero-order valence-electron chi connectivity index (χ0n) is 11.0. The number of nitrogens with zero attached hydrogens (tertiary/aromatic N) is 1. The Labute approximate surface area is 107 Å². The van der Waals surface area contributed by atoms with Gasteiger partial charge in [-0.1, -0.05) is 0 Å². The lowest BCUT2D eigenvalue weighted by Crippen LogP contribution is -2.21. The van der Waals surface area contributed by atoms with Crippen LogP contribution in [0.25, 0.3) is 0 Å². The Kier molecular flexibility index (Phi) is 4.95. The molecule has 2 N–H and O–H groups in total. The summed E-state index contributed by atoms with van der Waals surface area (Å²) in [5, 5.41) is 0. The Balaban J connectivity index is 2.45. The number of anilines is 1. The molecule has 0 spiro atoms. The van der Waals surface area contributed by atoms with Crippen molar-refractivity contribution >= 4 is 11.6 Å². The molecule has 0 radical (unpaired) electrons. The van der Waals surface area contributed by atoms with Crippen molar-refractivity contribution in [3.63, 3.8) is 0 Å². The number of halogens is 1. The van der Waals surface area contributed by atoms with Gasteiger partial charge in [0, 0.05) is 32.3 Å². The molecule has 1 aromatic carbocycles. The van der Waals surface area contributed by atoms with E-state index in [0.29, 0.717) is 25.1 Å². The van der Waals surface area contributed by atoms with Gasteiger partial charge >= 0.3 is 0 Å². The number of carbonyl (C=O) groups excluding carboxylic acids is 1. The van der Waals surface area contributed by atoms with Gasteiger partial charge in [0.15, 0.2) is 11.6 Å². The van der Waals surface area contributed by atoms with Crippen molar-refractivity contribution in [1.29, 1.82) is 0 Å². The maximum absolute atomic E-state index is 13.5. The van der Waals surface area contributed by atoms with Gasteiger partial charge in [-0.05, 0) is 25.0 Å². The molecule has 0 aliphatic heterocycles. The third-order valence-electron chi connectivity index (χ3n) is 2.61. The van der Waals surface area contributed by atoms with Crippen LogP contribution in [0.4, 0.5) is 10.1 Å². The van der Waals surface area contributed by atoms with Crippen LogP contribution in [0, 0.1) is 12.7 Å². The zero-order chi connectivity index (χ0) is 13.7. The summed E-state index contributed by atoms with van der Waals surface area (Å²) >= 11 is 0. The van der Waals surface area contributed by atoms with Crippen molar-refractivity contribution in [3.8, 4) is 5.75 Å². The predicted molar refractivity (Wildman–Crippen MR) is 69.0 cm³/mol. The highest BCUT2D eigenvalue weighted by Gasteiger charge is 2.08. The Morgan fingerprint density at radius 1 is 1.44 bits per heavy atom. The van der Waals surface area contributed by atoms with Crippen LogP contribution < -0.4 is 10.5 Å². The van der Waals surface area contributed by atoms with E-state index in [1.54, 1.807) is 27.1 Å². The van der Waals surface area contributed by atoms with Crippen LogP contribution >= 0.6 is 0 Å². The van der Waals surface area contributed by atoms with Gasteiger partial charge in [0.2, 0.25) is 5.91 Å². The normalized spacial score (nSPS) is 10.2. The smallest absolute Gasteiger partial charge is 0.222 e. The molecule has 1 amide bonds. The number of rotatable bonds is 5. The molecule has 4 nitrogen and oxygen atoms in total. The van der Waals surface area contributed by atoms with Gasteiger partial charge in [-0.2, -0.15) is 0 Å². The average molecular weight is 254 g/mol. The summed E-state index contributed by atoms with van der Waals surface area (Å²) in [5.74, 6) is -0.261.